The molecule has 10 heteroatoms. The predicted octanol–water partition coefficient (Wildman–Crippen LogP) is 3.59. The molecule has 6 nitrogen and oxygen atoms in total. The number of nitrogens with one attached hydrogen (secondary N) is 1. The number of rotatable bonds is 3. The Labute approximate surface area is 144 Å². The molecule has 1 heterocycles. The van der Waals surface area contributed by atoms with Crippen molar-refractivity contribution < 1.29 is 18.0 Å². The van der Waals surface area contributed by atoms with Gasteiger partial charge in [-0.05, 0) is 46.8 Å². The molecular formula is C15H9ClF3N5O. The van der Waals surface area contributed by atoms with E-state index in [4.69, 9.17) is 11.6 Å². The lowest BCUT2D eigenvalue weighted by atomic mass is 10.1. The van der Waals surface area contributed by atoms with Crippen LogP contribution in [0.4, 0.5) is 18.9 Å². The maximum atomic E-state index is 12.8. The first-order valence-electron chi connectivity index (χ1n) is 6.86. The van der Waals surface area contributed by atoms with Crippen molar-refractivity contribution in [2.45, 2.75) is 6.18 Å². The van der Waals surface area contributed by atoms with Gasteiger partial charge in [-0.2, -0.15) is 17.9 Å². The highest BCUT2D eigenvalue weighted by Gasteiger charge is 2.30. The molecule has 1 aromatic heterocycles. The van der Waals surface area contributed by atoms with E-state index in [1.54, 1.807) is 0 Å². The summed E-state index contributed by atoms with van der Waals surface area (Å²) in [6.45, 7) is 0. The maximum Gasteiger partial charge on any atom is 0.416 e. The van der Waals surface area contributed by atoms with Crippen LogP contribution in [0.3, 0.4) is 0 Å². The van der Waals surface area contributed by atoms with Crippen molar-refractivity contribution in [1.82, 2.24) is 20.2 Å². The number of halogens is 4. The van der Waals surface area contributed by atoms with Crippen LogP contribution in [0, 0.1) is 0 Å². The molecule has 128 valence electrons. The third kappa shape index (κ3) is 3.77. The van der Waals surface area contributed by atoms with E-state index in [0.29, 0.717) is 10.7 Å². The van der Waals surface area contributed by atoms with Crippen molar-refractivity contribution in [2.24, 2.45) is 0 Å². The fraction of sp³-hybridized carbons (Fsp3) is 0.0667. The third-order valence-electron chi connectivity index (χ3n) is 3.25. The molecule has 0 atom stereocenters. The smallest absolute Gasteiger partial charge is 0.322 e. The second kappa shape index (κ2) is 6.52. The molecule has 0 spiro atoms. The van der Waals surface area contributed by atoms with Crippen LogP contribution in [0.25, 0.3) is 5.69 Å². The predicted molar refractivity (Wildman–Crippen MR) is 83.6 cm³/mol. The summed E-state index contributed by atoms with van der Waals surface area (Å²) in [5, 5.41) is 13.4. The van der Waals surface area contributed by atoms with Gasteiger partial charge in [0.2, 0.25) is 0 Å². The minimum Gasteiger partial charge on any atom is -0.322 e. The zero-order valence-electron chi connectivity index (χ0n) is 12.3. The van der Waals surface area contributed by atoms with E-state index in [1.165, 1.54) is 41.3 Å². The molecule has 0 saturated carbocycles. The largest absolute Gasteiger partial charge is 0.416 e. The van der Waals surface area contributed by atoms with E-state index in [0.717, 1.165) is 12.1 Å². The van der Waals surface area contributed by atoms with Crippen LogP contribution in [0.15, 0.2) is 48.8 Å². The van der Waals surface area contributed by atoms with Crippen LogP contribution < -0.4 is 5.32 Å². The third-order valence-corrected chi connectivity index (χ3v) is 3.48. The Morgan fingerprint density at radius 1 is 1.16 bits per heavy atom. The van der Waals surface area contributed by atoms with E-state index < -0.39 is 17.6 Å². The van der Waals surface area contributed by atoms with E-state index in [1.807, 2.05) is 0 Å². The number of nitrogens with zero attached hydrogens (tertiary/aromatic N) is 4. The molecule has 0 aliphatic rings. The molecule has 3 rings (SSSR count). The molecule has 1 amide bonds. The van der Waals surface area contributed by atoms with Gasteiger partial charge in [-0.15, -0.1) is 5.10 Å². The van der Waals surface area contributed by atoms with Gasteiger partial charge in [0.25, 0.3) is 5.91 Å². The van der Waals surface area contributed by atoms with E-state index in [2.05, 4.69) is 20.8 Å². The summed E-state index contributed by atoms with van der Waals surface area (Å²) in [4.78, 5) is 12.5. The van der Waals surface area contributed by atoms with E-state index in [9.17, 15) is 18.0 Å². The zero-order chi connectivity index (χ0) is 18.0. The number of hydrogen-bond acceptors (Lipinski definition) is 4. The lowest BCUT2D eigenvalue weighted by Crippen LogP contribution is -2.16. The maximum absolute atomic E-state index is 12.8. The normalized spacial score (nSPS) is 11.4. The highest BCUT2D eigenvalue weighted by molar-refractivity contribution is 6.31. The summed E-state index contributed by atoms with van der Waals surface area (Å²) >= 11 is 5.93. The fourth-order valence-electron chi connectivity index (χ4n) is 2.13. The monoisotopic (exact) mass is 367 g/mol. The van der Waals surface area contributed by atoms with Crippen molar-refractivity contribution >= 4 is 23.2 Å². The second-order valence-corrected chi connectivity index (χ2v) is 5.38. The van der Waals surface area contributed by atoms with Gasteiger partial charge in [0.05, 0.1) is 16.8 Å². The Morgan fingerprint density at radius 3 is 2.64 bits per heavy atom. The first kappa shape index (κ1) is 16.9. The first-order chi connectivity index (χ1) is 11.8. The zero-order valence-corrected chi connectivity index (χ0v) is 13.1. The molecule has 0 radical (unpaired) electrons. The highest BCUT2D eigenvalue weighted by Crippen LogP contribution is 2.31. The molecule has 0 saturated heterocycles. The Hall–Kier alpha value is -2.94. The minimum atomic E-state index is -4.50. The topological polar surface area (TPSA) is 72.7 Å². The quantitative estimate of drug-likeness (QED) is 0.768. The van der Waals surface area contributed by atoms with Gasteiger partial charge < -0.3 is 5.32 Å². The molecule has 0 unspecified atom stereocenters. The summed E-state index contributed by atoms with van der Waals surface area (Å²) in [5.41, 5.74) is -0.407. The van der Waals surface area contributed by atoms with Crippen LogP contribution in [0.1, 0.15) is 15.9 Å². The Bertz CT molecular complexity index is 912. The number of carbonyl (C=O) groups excluding carboxylic acids is 1. The number of anilines is 1. The van der Waals surface area contributed by atoms with Gasteiger partial charge in [-0.3, -0.25) is 4.79 Å². The van der Waals surface area contributed by atoms with Crippen molar-refractivity contribution in [3.63, 3.8) is 0 Å². The number of tetrazole rings is 1. The van der Waals surface area contributed by atoms with Crippen molar-refractivity contribution in [1.29, 1.82) is 0 Å². The molecule has 0 aliphatic heterocycles. The SMILES string of the molecule is O=C(Nc1cccc(C(F)(F)F)c1)c1ccc(Cl)cc1-n1cnnn1. The summed E-state index contributed by atoms with van der Waals surface area (Å²) in [7, 11) is 0. The number of carbonyl (C=O) groups is 1. The number of amides is 1. The number of benzene rings is 2. The minimum absolute atomic E-state index is 0.0115. The summed E-state index contributed by atoms with van der Waals surface area (Å²) in [6.07, 6.45) is -3.23. The van der Waals surface area contributed by atoms with Gasteiger partial charge >= 0.3 is 6.18 Å². The van der Waals surface area contributed by atoms with Crippen LogP contribution in [-0.4, -0.2) is 26.1 Å². The second-order valence-electron chi connectivity index (χ2n) is 4.95. The van der Waals surface area contributed by atoms with Crippen molar-refractivity contribution in [3.05, 3.63) is 64.9 Å². The summed E-state index contributed by atoms with van der Waals surface area (Å²) in [5.74, 6) is -0.624. The van der Waals surface area contributed by atoms with Crippen LogP contribution >= 0.6 is 11.6 Å². The fourth-order valence-corrected chi connectivity index (χ4v) is 2.30. The Balaban J connectivity index is 1.93. The average molecular weight is 368 g/mol. The van der Waals surface area contributed by atoms with Gasteiger partial charge in [-0.25, -0.2) is 0 Å². The number of aromatic nitrogens is 4. The summed E-state index contributed by atoms with van der Waals surface area (Å²) in [6, 6.07) is 8.73. The number of hydrogen-bond donors (Lipinski definition) is 1. The molecular weight excluding hydrogens is 359 g/mol. The molecule has 2 aromatic carbocycles. The number of alkyl halides is 3. The van der Waals surface area contributed by atoms with Gasteiger partial charge in [0.15, 0.2) is 0 Å². The van der Waals surface area contributed by atoms with Gasteiger partial charge in [0, 0.05) is 10.7 Å². The first-order valence-corrected chi connectivity index (χ1v) is 7.24. The van der Waals surface area contributed by atoms with Gasteiger partial charge in [-0.1, -0.05) is 17.7 Å². The van der Waals surface area contributed by atoms with Crippen LogP contribution in [0.5, 0.6) is 0 Å². The van der Waals surface area contributed by atoms with Gasteiger partial charge in [0.1, 0.15) is 6.33 Å². The average Bonchev–Trinajstić information content (AvgIpc) is 3.08. The molecule has 1 N–H and O–H groups in total. The molecule has 25 heavy (non-hydrogen) atoms. The molecule has 3 aromatic rings. The lowest BCUT2D eigenvalue weighted by molar-refractivity contribution is -0.137. The molecule has 0 bridgehead atoms. The van der Waals surface area contributed by atoms with Crippen molar-refractivity contribution in [2.75, 3.05) is 5.32 Å². The highest BCUT2D eigenvalue weighted by atomic mass is 35.5. The molecule has 0 aliphatic carbocycles. The molecule has 0 fully saturated rings. The summed E-state index contributed by atoms with van der Waals surface area (Å²) < 4.78 is 39.5. The van der Waals surface area contributed by atoms with E-state index in [-0.39, 0.29) is 11.3 Å². The van der Waals surface area contributed by atoms with Crippen LogP contribution in [-0.2, 0) is 6.18 Å². The lowest BCUT2D eigenvalue weighted by Gasteiger charge is -2.12. The standard InChI is InChI=1S/C15H9ClF3N5O/c16-10-4-5-12(13(7-10)24-8-20-22-23-24)14(25)21-11-3-1-2-9(6-11)15(17,18)19/h1-8H,(H,21,25). The Kier molecular flexibility index (Phi) is 4.41. The Morgan fingerprint density at radius 2 is 1.96 bits per heavy atom. The van der Waals surface area contributed by atoms with Crippen molar-refractivity contribution in [3.8, 4) is 5.69 Å². The van der Waals surface area contributed by atoms with Crippen LogP contribution in [0.2, 0.25) is 5.02 Å². The van der Waals surface area contributed by atoms with E-state index >= 15 is 0 Å².